The molecule has 47 heavy (non-hydrogen) atoms. The van der Waals surface area contributed by atoms with Crippen LogP contribution in [0.4, 0.5) is 5.69 Å². The molecule has 2 amide bonds. The zero-order valence-electron chi connectivity index (χ0n) is 26.3. The van der Waals surface area contributed by atoms with Gasteiger partial charge < -0.3 is 10.2 Å². The van der Waals surface area contributed by atoms with Gasteiger partial charge in [-0.3, -0.25) is 13.9 Å². The van der Waals surface area contributed by atoms with Crippen LogP contribution in [-0.2, 0) is 32.6 Å². The predicted octanol–water partition coefficient (Wildman–Crippen LogP) is 7.59. The summed E-state index contributed by atoms with van der Waals surface area (Å²) >= 11 is 12.3. The molecule has 0 saturated heterocycles. The molecule has 7 nitrogen and oxygen atoms in total. The summed E-state index contributed by atoms with van der Waals surface area (Å²) in [6.07, 6.45) is 5.24. The number of carbonyl (C=O) groups is 2. The second kappa shape index (κ2) is 15.8. The first-order valence-electron chi connectivity index (χ1n) is 15.8. The van der Waals surface area contributed by atoms with Crippen molar-refractivity contribution in [1.82, 2.24) is 10.2 Å². The van der Waals surface area contributed by atoms with Crippen LogP contribution in [-0.4, -0.2) is 43.8 Å². The molecule has 1 saturated carbocycles. The summed E-state index contributed by atoms with van der Waals surface area (Å²) in [6.45, 7) is 1.46. The van der Waals surface area contributed by atoms with Crippen LogP contribution in [0.2, 0.25) is 10.0 Å². The third-order valence-corrected chi connectivity index (χ3v) is 10.8. The minimum Gasteiger partial charge on any atom is -0.352 e. The molecule has 0 aromatic heterocycles. The van der Waals surface area contributed by atoms with Gasteiger partial charge in [-0.05, 0) is 79.4 Å². The topological polar surface area (TPSA) is 86.8 Å². The molecule has 1 aliphatic rings. The fourth-order valence-corrected chi connectivity index (χ4v) is 7.52. The lowest BCUT2D eigenvalue weighted by molar-refractivity contribution is -0.140. The van der Waals surface area contributed by atoms with E-state index >= 15 is 0 Å². The highest BCUT2D eigenvalue weighted by atomic mass is 35.5. The van der Waals surface area contributed by atoms with E-state index in [2.05, 4.69) is 5.32 Å². The number of rotatable bonds is 12. The normalized spacial score (nSPS) is 14.3. The van der Waals surface area contributed by atoms with Crippen LogP contribution >= 0.6 is 23.2 Å². The zero-order chi connectivity index (χ0) is 33.4. The van der Waals surface area contributed by atoms with E-state index in [9.17, 15) is 18.0 Å². The van der Waals surface area contributed by atoms with E-state index in [4.69, 9.17) is 23.2 Å². The Hall–Kier alpha value is -3.85. The van der Waals surface area contributed by atoms with Crippen molar-refractivity contribution in [2.24, 2.45) is 0 Å². The molecule has 1 aliphatic carbocycles. The molecule has 1 fully saturated rings. The summed E-state index contributed by atoms with van der Waals surface area (Å²) in [7, 11) is -4.21. The lowest BCUT2D eigenvalue weighted by atomic mass is 9.94. The summed E-state index contributed by atoms with van der Waals surface area (Å²) in [5, 5.41) is 4.16. The molecule has 246 valence electrons. The highest BCUT2D eigenvalue weighted by Gasteiger charge is 2.35. The molecule has 5 rings (SSSR count). The molecule has 4 aromatic carbocycles. The van der Waals surface area contributed by atoms with Crippen LogP contribution in [0, 0.1) is 6.92 Å². The Morgan fingerprint density at radius 1 is 0.787 bits per heavy atom. The van der Waals surface area contributed by atoms with Crippen LogP contribution in [0.25, 0.3) is 0 Å². The maximum atomic E-state index is 14.6. The lowest BCUT2D eigenvalue weighted by Gasteiger charge is -2.35. The first-order chi connectivity index (χ1) is 22.6. The third-order valence-electron chi connectivity index (χ3n) is 8.49. The first-order valence-corrected chi connectivity index (χ1v) is 18.0. The monoisotopic (exact) mass is 691 g/mol. The SMILES string of the molecule is Cc1ccc(N(CC(=O)N(Cc2ccc(Cl)cc2)[C@H](Cc2ccccc2)C(=O)NC2CCCCC2)S(=O)(=O)c2ccc(Cl)cc2)cc1. The van der Waals surface area contributed by atoms with Crippen molar-refractivity contribution < 1.29 is 18.0 Å². The van der Waals surface area contributed by atoms with Gasteiger partial charge in [-0.1, -0.05) is 103 Å². The van der Waals surface area contributed by atoms with E-state index in [-0.39, 0.29) is 29.8 Å². The number of hydrogen-bond acceptors (Lipinski definition) is 4. The van der Waals surface area contributed by atoms with Gasteiger partial charge in [0.2, 0.25) is 11.8 Å². The highest BCUT2D eigenvalue weighted by molar-refractivity contribution is 7.92. The van der Waals surface area contributed by atoms with Crippen LogP contribution in [0.5, 0.6) is 0 Å². The van der Waals surface area contributed by atoms with Crippen LogP contribution in [0.15, 0.2) is 108 Å². The molecule has 0 radical (unpaired) electrons. The molecular formula is C37H39Cl2N3O4S. The fourth-order valence-electron chi connectivity index (χ4n) is 5.86. The van der Waals surface area contributed by atoms with Crippen molar-refractivity contribution in [3.05, 3.63) is 130 Å². The highest BCUT2D eigenvalue weighted by Crippen LogP contribution is 2.27. The van der Waals surface area contributed by atoms with E-state index in [1.54, 1.807) is 36.4 Å². The molecule has 4 aromatic rings. The molecule has 0 unspecified atom stereocenters. The Morgan fingerprint density at radius 3 is 2.00 bits per heavy atom. The Bertz CT molecular complexity index is 1740. The van der Waals surface area contributed by atoms with Crippen LogP contribution in [0.3, 0.4) is 0 Å². The average Bonchev–Trinajstić information content (AvgIpc) is 3.07. The predicted molar refractivity (Wildman–Crippen MR) is 188 cm³/mol. The number of benzene rings is 4. The molecule has 1 N–H and O–H groups in total. The van der Waals surface area contributed by atoms with Crippen molar-refractivity contribution in [2.45, 2.75) is 69.0 Å². The Morgan fingerprint density at radius 2 is 1.38 bits per heavy atom. The third kappa shape index (κ3) is 9.15. The number of aryl methyl sites for hydroxylation is 1. The van der Waals surface area contributed by atoms with E-state index in [1.807, 2.05) is 49.4 Å². The van der Waals surface area contributed by atoms with Gasteiger partial charge in [0, 0.05) is 29.1 Å². The largest absolute Gasteiger partial charge is 0.352 e. The van der Waals surface area contributed by atoms with E-state index < -0.39 is 28.5 Å². The number of amides is 2. The molecule has 0 spiro atoms. The van der Waals surface area contributed by atoms with Gasteiger partial charge in [0.15, 0.2) is 0 Å². The van der Waals surface area contributed by atoms with Crippen molar-refractivity contribution in [3.8, 4) is 0 Å². The number of hydrogen-bond donors (Lipinski definition) is 1. The lowest BCUT2D eigenvalue weighted by Crippen LogP contribution is -2.55. The smallest absolute Gasteiger partial charge is 0.264 e. The quantitative estimate of drug-likeness (QED) is 0.166. The minimum absolute atomic E-state index is 0.00426. The summed E-state index contributed by atoms with van der Waals surface area (Å²) in [5.41, 5.74) is 2.91. The summed E-state index contributed by atoms with van der Waals surface area (Å²) < 4.78 is 29.4. The second-order valence-corrected chi connectivity index (χ2v) is 14.7. The number of anilines is 1. The van der Waals surface area contributed by atoms with Gasteiger partial charge in [-0.15, -0.1) is 0 Å². The zero-order valence-corrected chi connectivity index (χ0v) is 28.6. The molecular weight excluding hydrogens is 653 g/mol. The van der Waals surface area contributed by atoms with E-state index in [0.717, 1.165) is 53.1 Å². The molecule has 1 atom stereocenters. The van der Waals surface area contributed by atoms with Gasteiger partial charge in [0.25, 0.3) is 10.0 Å². The summed E-state index contributed by atoms with van der Waals surface area (Å²) in [4.78, 5) is 30.3. The number of nitrogens with one attached hydrogen (secondary N) is 1. The first kappa shape index (κ1) is 34.5. The number of nitrogens with zero attached hydrogens (tertiary/aromatic N) is 2. The second-order valence-electron chi connectivity index (χ2n) is 12.0. The number of halogens is 2. The maximum Gasteiger partial charge on any atom is 0.264 e. The standard InChI is InChI=1S/C37H39Cl2N3O4S/c1-27-12-20-33(21-13-27)42(47(45,46)34-22-18-31(39)19-23-34)26-36(43)41(25-29-14-16-30(38)17-15-29)35(24-28-8-4-2-5-9-28)37(44)40-32-10-6-3-7-11-32/h2,4-5,8-9,12-23,32,35H,3,6-7,10-11,24-26H2,1H3,(H,40,44)/t35-/m1/s1. The molecule has 10 heteroatoms. The summed E-state index contributed by atoms with van der Waals surface area (Å²) in [6, 6.07) is 28.6. The van der Waals surface area contributed by atoms with Gasteiger partial charge in [-0.2, -0.15) is 0 Å². The van der Waals surface area contributed by atoms with Gasteiger partial charge >= 0.3 is 0 Å². The number of carbonyl (C=O) groups excluding carboxylic acids is 2. The molecule has 0 aliphatic heterocycles. The Balaban J connectivity index is 1.55. The van der Waals surface area contributed by atoms with E-state index in [1.165, 1.54) is 29.2 Å². The number of sulfonamides is 1. The van der Waals surface area contributed by atoms with E-state index in [0.29, 0.717) is 15.7 Å². The maximum absolute atomic E-state index is 14.6. The van der Waals surface area contributed by atoms with Crippen molar-refractivity contribution in [2.75, 3.05) is 10.8 Å². The summed E-state index contributed by atoms with van der Waals surface area (Å²) in [5.74, 6) is -0.775. The Labute approximate surface area is 287 Å². The molecule has 0 heterocycles. The van der Waals surface area contributed by atoms with Crippen molar-refractivity contribution in [3.63, 3.8) is 0 Å². The van der Waals surface area contributed by atoms with Crippen LogP contribution in [0.1, 0.15) is 48.8 Å². The van der Waals surface area contributed by atoms with Gasteiger partial charge in [0.05, 0.1) is 10.6 Å². The minimum atomic E-state index is -4.21. The van der Waals surface area contributed by atoms with Gasteiger partial charge in [-0.25, -0.2) is 8.42 Å². The van der Waals surface area contributed by atoms with Gasteiger partial charge in [0.1, 0.15) is 12.6 Å². The van der Waals surface area contributed by atoms with Crippen LogP contribution < -0.4 is 9.62 Å². The molecule has 0 bridgehead atoms. The fraction of sp³-hybridized carbons (Fsp3) is 0.297. The van der Waals surface area contributed by atoms with Crippen molar-refractivity contribution in [1.29, 1.82) is 0 Å². The average molecular weight is 693 g/mol. The Kier molecular flexibility index (Phi) is 11.6. The van der Waals surface area contributed by atoms with Crippen molar-refractivity contribution >= 4 is 50.7 Å².